The molecule has 1 aliphatic rings. The van der Waals surface area contributed by atoms with Crippen LogP contribution in [0.3, 0.4) is 0 Å². The summed E-state index contributed by atoms with van der Waals surface area (Å²) in [5.74, 6) is 0.0463. The van der Waals surface area contributed by atoms with Crippen molar-refractivity contribution in [2.75, 3.05) is 7.05 Å². The number of rotatable bonds is 4. The summed E-state index contributed by atoms with van der Waals surface area (Å²) in [5, 5.41) is 3.89. The first-order chi connectivity index (χ1) is 12.3. The maximum absolute atomic E-state index is 13.3. The molecule has 2 aromatic rings. The number of aromatic nitrogens is 2. The van der Waals surface area contributed by atoms with Crippen molar-refractivity contribution in [3.05, 3.63) is 46.8 Å². The van der Waals surface area contributed by atoms with Crippen LogP contribution < -0.4 is 0 Å². The zero-order valence-electron chi connectivity index (χ0n) is 14.9. The minimum atomic E-state index is -4.43. The van der Waals surface area contributed by atoms with Crippen molar-refractivity contribution in [3.63, 3.8) is 0 Å². The van der Waals surface area contributed by atoms with E-state index in [2.05, 4.69) is 5.10 Å². The number of hydrogen-bond donors (Lipinski definition) is 0. The van der Waals surface area contributed by atoms with Crippen molar-refractivity contribution in [2.45, 2.75) is 51.7 Å². The van der Waals surface area contributed by atoms with E-state index in [1.165, 1.54) is 4.68 Å². The molecule has 0 spiro atoms. The van der Waals surface area contributed by atoms with Crippen LogP contribution in [0, 0.1) is 0 Å². The second-order valence-electron chi connectivity index (χ2n) is 6.66. The van der Waals surface area contributed by atoms with E-state index in [4.69, 9.17) is 0 Å². The predicted octanol–water partition coefficient (Wildman–Crippen LogP) is 4.14. The Balaban J connectivity index is 1.90. The number of carbonyl (C=O) groups is 1. The van der Waals surface area contributed by atoms with Crippen molar-refractivity contribution in [3.8, 4) is 5.69 Å². The van der Waals surface area contributed by atoms with Gasteiger partial charge in [-0.3, -0.25) is 4.79 Å². The molecular weight excluding hydrogens is 343 g/mol. The number of fused-ring (bicyclic) bond motifs is 1. The van der Waals surface area contributed by atoms with Crippen LogP contribution in [-0.4, -0.2) is 27.6 Å². The number of carbonyl (C=O) groups excluding carboxylic acids is 1. The lowest BCUT2D eigenvalue weighted by Gasteiger charge is -2.17. The van der Waals surface area contributed by atoms with Crippen molar-refractivity contribution >= 4 is 5.91 Å². The lowest BCUT2D eigenvalue weighted by Crippen LogP contribution is -2.25. The largest absolute Gasteiger partial charge is 0.435 e. The van der Waals surface area contributed by atoms with Gasteiger partial charge in [-0.05, 0) is 43.4 Å². The topological polar surface area (TPSA) is 38.1 Å². The maximum Gasteiger partial charge on any atom is 0.435 e. The number of alkyl halides is 3. The Bertz CT molecular complexity index is 794. The monoisotopic (exact) mass is 365 g/mol. The van der Waals surface area contributed by atoms with Gasteiger partial charge in [0.05, 0.1) is 5.69 Å². The molecule has 26 heavy (non-hydrogen) atoms. The van der Waals surface area contributed by atoms with E-state index in [0.29, 0.717) is 42.8 Å². The van der Waals surface area contributed by atoms with Crippen LogP contribution in [0.2, 0.25) is 0 Å². The number of amides is 1. The Kier molecular flexibility index (Phi) is 5.07. The van der Waals surface area contributed by atoms with Gasteiger partial charge >= 0.3 is 6.18 Å². The molecule has 0 fully saturated rings. The fourth-order valence-corrected chi connectivity index (χ4v) is 3.41. The van der Waals surface area contributed by atoms with Crippen LogP contribution in [0.1, 0.15) is 48.7 Å². The second-order valence-corrected chi connectivity index (χ2v) is 6.66. The molecule has 1 amide bonds. The molecular formula is C19H22F3N3O. The normalized spacial score (nSPS) is 14.2. The zero-order chi connectivity index (χ0) is 18.9. The number of benzene rings is 1. The quantitative estimate of drug-likeness (QED) is 0.817. The average molecular weight is 365 g/mol. The molecule has 0 saturated heterocycles. The molecule has 3 rings (SSSR count). The first kappa shape index (κ1) is 18.5. The van der Waals surface area contributed by atoms with Gasteiger partial charge in [0.1, 0.15) is 0 Å². The van der Waals surface area contributed by atoms with Gasteiger partial charge in [0.25, 0.3) is 0 Å². The molecule has 140 valence electrons. The van der Waals surface area contributed by atoms with E-state index in [9.17, 15) is 18.0 Å². The average Bonchev–Trinajstić information content (AvgIpc) is 3.01. The van der Waals surface area contributed by atoms with Gasteiger partial charge in [-0.1, -0.05) is 19.1 Å². The summed E-state index contributed by atoms with van der Waals surface area (Å²) in [6.45, 7) is 2.28. The molecule has 0 bridgehead atoms. The molecule has 1 aromatic heterocycles. The summed E-state index contributed by atoms with van der Waals surface area (Å²) in [6, 6.07) is 7.20. The number of hydrogen-bond acceptors (Lipinski definition) is 2. The van der Waals surface area contributed by atoms with Crippen molar-refractivity contribution < 1.29 is 18.0 Å². The minimum absolute atomic E-state index is 0.0463. The van der Waals surface area contributed by atoms with Crippen LogP contribution in [-0.2, 0) is 30.4 Å². The summed E-state index contributed by atoms with van der Waals surface area (Å²) < 4.78 is 41.4. The first-order valence-corrected chi connectivity index (χ1v) is 8.82. The molecule has 1 aliphatic carbocycles. The highest BCUT2D eigenvalue weighted by molar-refractivity contribution is 5.75. The third-order valence-electron chi connectivity index (χ3n) is 4.78. The zero-order valence-corrected chi connectivity index (χ0v) is 14.9. The highest BCUT2D eigenvalue weighted by Gasteiger charge is 2.39. The SMILES string of the molecule is CCC(=O)N(C)Cc1ccc(-n2nc(C(F)(F)F)c3c2CCCC3)cc1. The summed E-state index contributed by atoms with van der Waals surface area (Å²) in [4.78, 5) is 13.3. The summed E-state index contributed by atoms with van der Waals surface area (Å²) >= 11 is 0. The van der Waals surface area contributed by atoms with Crippen LogP contribution in [0.5, 0.6) is 0 Å². The smallest absolute Gasteiger partial charge is 0.341 e. The second kappa shape index (κ2) is 7.13. The van der Waals surface area contributed by atoms with E-state index in [-0.39, 0.29) is 5.91 Å². The predicted molar refractivity (Wildman–Crippen MR) is 92.0 cm³/mol. The lowest BCUT2D eigenvalue weighted by molar-refractivity contribution is -0.142. The Hall–Kier alpha value is -2.31. The van der Waals surface area contributed by atoms with Crippen LogP contribution in [0.15, 0.2) is 24.3 Å². The molecule has 7 heteroatoms. The van der Waals surface area contributed by atoms with Crippen LogP contribution >= 0.6 is 0 Å². The maximum atomic E-state index is 13.3. The lowest BCUT2D eigenvalue weighted by atomic mass is 9.95. The Morgan fingerprint density at radius 2 is 1.85 bits per heavy atom. The van der Waals surface area contributed by atoms with Gasteiger partial charge in [0.15, 0.2) is 5.69 Å². The highest BCUT2D eigenvalue weighted by atomic mass is 19.4. The molecule has 0 saturated carbocycles. The van der Waals surface area contributed by atoms with Gasteiger partial charge < -0.3 is 4.90 Å². The third-order valence-corrected chi connectivity index (χ3v) is 4.78. The standard InChI is InChI=1S/C19H22F3N3O/c1-3-17(26)24(2)12-13-8-10-14(11-9-13)25-16-7-5-4-6-15(16)18(23-25)19(20,21)22/h8-11H,3-7,12H2,1-2H3. The van der Waals surface area contributed by atoms with Gasteiger partial charge in [-0.2, -0.15) is 18.3 Å². The minimum Gasteiger partial charge on any atom is -0.341 e. The molecule has 1 heterocycles. The molecule has 4 nitrogen and oxygen atoms in total. The summed E-state index contributed by atoms with van der Waals surface area (Å²) in [6.07, 6.45) is -1.33. The summed E-state index contributed by atoms with van der Waals surface area (Å²) in [5.41, 5.74) is 1.78. The van der Waals surface area contributed by atoms with Crippen LogP contribution in [0.4, 0.5) is 13.2 Å². The number of halogens is 3. The Labute approximate surface area is 150 Å². The molecule has 1 aromatic carbocycles. The Morgan fingerprint density at radius 3 is 2.46 bits per heavy atom. The number of nitrogens with zero attached hydrogens (tertiary/aromatic N) is 3. The molecule has 0 radical (unpaired) electrons. The van der Waals surface area contributed by atoms with Crippen molar-refractivity contribution in [1.29, 1.82) is 0 Å². The van der Waals surface area contributed by atoms with Gasteiger partial charge in [-0.25, -0.2) is 4.68 Å². The third kappa shape index (κ3) is 3.61. The van der Waals surface area contributed by atoms with Gasteiger partial charge in [-0.15, -0.1) is 0 Å². The molecule has 0 aliphatic heterocycles. The van der Waals surface area contributed by atoms with E-state index in [0.717, 1.165) is 18.4 Å². The van der Waals surface area contributed by atoms with E-state index < -0.39 is 11.9 Å². The van der Waals surface area contributed by atoms with Gasteiger partial charge in [0, 0.05) is 31.3 Å². The fraction of sp³-hybridized carbons (Fsp3) is 0.474. The van der Waals surface area contributed by atoms with Gasteiger partial charge in [0.2, 0.25) is 5.91 Å². The van der Waals surface area contributed by atoms with Crippen molar-refractivity contribution in [2.24, 2.45) is 0 Å². The first-order valence-electron chi connectivity index (χ1n) is 8.82. The van der Waals surface area contributed by atoms with E-state index in [1.54, 1.807) is 31.0 Å². The summed E-state index contributed by atoms with van der Waals surface area (Å²) in [7, 11) is 1.74. The van der Waals surface area contributed by atoms with E-state index in [1.807, 2.05) is 12.1 Å². The van der Waals surface area contributed by atoms with Crippen molar-refractivity contribution in [1.82, 2.24) is 14.7 Å². The molecule has 0 N–H and O–H groups in total. The van der Waals surface area contributed by atoms with Crippen LogP contribution in [0.25, 0.3) is 5.69 Å². The highest BCUT2D eigenvalue weighted by Crippen LogP contribution is 2.36. The fourth-order valence-electron chi connectivity index (χ4n) is 3.41. The molecule has 0 atom stereocenters. The molecule has 0 unspecified atom stereocenters. The Morgan fingerprint density at radius 1 is 1.19 bits per heavy atom. The van der Waals surface area contributed by atoms with E-state index >= 15 is 0 Å².